The summed E-state index contributed by atoms with van der Waals surface area (Å²) in [6.07, 6.45) is 0.223. The average molecular weight is 517 g/mol. The molecule has 1 fully saturated rings. The minimum absolute atomic E-state index is 0.336. The molecule has 1 aliphatic heterocycles. The molecule has 202 valence electrons. The van der Waals surface area contributed by atoms with E-state index in [0.29, 0.717) is 19.4 Å². The van der Waals surface area contributed by atoms with Crippen LogP contribution in [0.1, 0.15) is 51.3 Å². The third-order valence-electron chi connectivity index (χ3n) is 6.83. The van der Waals surface area contributed by atoms with Gasteiger partial charge in [-0.3, -0.25) is 4.90 Å². The SMILES string of the molecule is CC(C)(C)OC(=O)N1[C@H](Cc2ccccc2)[C@H]([C@H](Cc2ccccc2)N(O)Cc2ccccc2)OC1(C)C. The maximum Gasteiger partial charge on any atom is 0.412 e. The van der Waals surface area contributed by atoms with Gasteiger partial charge in [-0.2, -0.15) is 5.06 Å². The number of ether oxygens (including phenoxy) is 2. The number of carbonyl (C=O) groups is 1. The van der Waals surface area contributed by atoms with Gasteiger partial charge in [-0.05, 0) is 64.2 Å². The molecule has 0 saturated carbocycles. The second-order valence-electron chi connectivity index (χ2n) is 11.5. The third-order valence-corrected chi connectivity index (χ3v) is 6.83. The van der Waals surface area contributed by atoms with Crippen molar-refractivity contribution in [1.29, 1.82) is 0 Å². The molecule has 0 spiro atoms. The summed E-state index contributed by atoms with van der Waals surface area (Å²) in [5.41, 5.74) is 1.58. The molecule has 6 heteroatoms. The van der Waals surface area contributed by atoms with Gasteiger partial charge in [-0.15, -0.1) is 0 Å². The molecule has 1 saturated heterocycles. The summed E-state index contributed by atoms with van der Waals surface area (Å²) in [6.45, 7) is 9.73. The van der Waals surface area contributed by atoms with Crippen LogP contribution in [0.4, 0.5) is 4.79 Å². The number of hydrogen-bond acceptors (Lipinski definition) is 5. The number of benzene rings is 3. The molecular weight excluding hydrogens is 476 g/mol. The van der Waals surface area contributed by atoms with Gasteiger partial charge >= 0.3 is 6.09 Å². The number of amides is 1. The Morgan fingerprint density at radius 3 is 1.95 bits per heavy atom. The predicted octanol–water partition coefficient (Wildman–Crippen LogP) is 6.47. The van der Waals surface area contributed by atoms with Crippen LogP contribution in [0.3, 0.4) is 0 Å². The van der Waals surface area contributed by atoms with E-state index in [1.807, 2.05) is 101 Å². The maximum atomic E-state index is 13.6. The zero-order chi connectivity index (χ0) is 27.3. The molecule has 3 atom stereocenters. The van der Waals surface area contributed by atoms with Gasteiger partial charge in [0.25, 0.3) is 0 Å². The molecule has 38 heavy (non-hydrogen) atoms. The van der Waals surface area contributed by atoms with E-state index in [0.717, 1.165) is 16.7 Å². The lowest BCUT2D eigenvalue weighted by Gasteiger charge is -2.36. The molecular formula is C32H40N2O4. The summed E-state index contributed by atoms with van der Waals surface area (Å²) in [4.78, 5) is 15.3. The Labute approximate surface area is 226 Å². The molecule has 0 aromatic heterocycles. The smallest absolute Gasteiger partial charge is 0.412 e. The minimum atomic E-state index is -0.936. The molecule has 0 unspecified atom stereocenters. The standard InChI is InChI=1S/C32H40N2O4/c1-31(2,3)38-30(35)34-28(22-25-17-11-7-12-18-25)29(37-32(34,4)5)27(21-24-15-9-6-10-16-24)33(36)23-26-19-13-8-14-20-26/h6-20,27-29,36H,21-23H2,1-5H3/t27-,28+,29-/m0/s1. The maximum absolute atomic E-state index is 13.6. The summed E-state index contributed by atoms with van der Waals surface area (Å²) < 4.78 is 12.6. The lowest BCUT2D eigenvalue weighted by Crippen LogP contribution is -2.53. The molecule has 0 radical (unpaired) electrons. The number of carbonyl (C=O) groups excluding carboxylic acids is 1. The van der Waals surface area contributed by atoms with Crippen molar-refractivity contribution < 1.29 is 19.5 Å². The summed E-state index contributed by atoms with van der Waals surface area (Å²) in [5, 5.41) is 12.9. The van der Waals surface area contributed by atoms with E-state index in [1.165, 1.54) is 5.06 Å². The zero-order valence-corrected chi connectivity index (χ0v) is 23.1. The second kappa shape index (κ2) is 11.7. The van der Waals surface area contributed by atoms with Crippen LogP contribution in [0, 0.1) is 0 Å². The largest absolute Gasteiger partial charge is 0.444 e. The molecule has 4 rings (SSSR count). The Morgan fingerprint density at radius 1 is 0.921 bits per heavy atom. The van der Waals surface area contributed by atoms with Crippen molar-refractivity contribution in [1.82, 2.24) is 9.96 Å². The van der Waals surface area contributed by atoms with Crippen molar-refractivity contribution >= 4 is 6.09 Å². The Bertz CT molecular complexity index is 1160. The quantitative estimate of drug-likeness (QED) is 0.348. The van der Waals surface area contributed by atoms with Crippen LogP contribution in [0.25, 0.3) is 0 Å². The third kappa shape index (κ3) is 7.01. The molecule has 0 aliphatic carbocycles. The highest BCUT2D eigenvalue weighted by Crippen LogP contribution is 2.38. The summed E-state index contributed by atoms with van der Waals surface area (Å²) >= 11 is 0. The van der Waals surface area contributed by atoms with Crippen molar-refractivity contribution in [2.45, 2.75) is 83.5 Å². The van der Waals surface area contributed by atoms with E-state index in [-0.39, 0.29) is 6.04 Å². The summed E-state index contributed by atoms with van der Waals surface area (Å²) in [5.74, 6) is 0. The number of nitrogens with zero attached hydrogens (tertiary/aromatic N) is 2. The van der Waals surface area contributed by atoms with E-state index < -0.39 is 29.6 Å². The minimum Gasteiger partial charge on any atom is -0.444 e. The van der Waals surface area contributed by atoms with Crippen molar-refractivity contribution in [3.63, 3.8) is 0 Å². The fraction of sp³-hybridized carbons (Fsp3) is 0.406. The van der Waals surface area contributed by atoms with Crippen molar-refractivity contribution in [2.75, 3.05) is 0 Å². The Balaban J connectivity index is 1.73. The highest BCUT2D eigenvalue weighted by Gasteiger charge is 2.54. The summed E-state index contributed by atoms with van der Waals surface area (Å²) in [6, 6.07) is 29.3. The first-order valence-electron chi connectivity index (χ1n) is 13.3. The first-order chi connectivity index (χ1) is 18.0. The fourth-order valence-corrected chi connectivity index (χ4v) is 5.21. The number of rotatable bonds is 8. The van der Waals surface area contributed by atoms with Gasteiger partial charge in [0.1, 0.15) is 11.3 Å². The predicted molar refractivity (Wildman–Crippen MR) is 149 cm³/mol. The molecule has 6 nitrogen and oxygen atoms in total. The van der Waals surface area contributed by atoms with Gasteiger partial charge in [0.15, 0.2) is 0 Å². The first-order valence-corrected chi connectivity index (χ1v) is 13.3. The lowest BCUT2D eigenvalue weighted by molar-refractivity contribution is -0.179. The zero-order valence-electron chi connectivity index (χ0n) is 23.1. The fourth-order valence-electron chi connectivity index (χ4n) is 5.21. The van der Waals surface area contributed by atoms with Gasteiger partial charge in [0.2, 0.25) is 0 Å². The van der Waals surface area contributed by atoms with Crippen LogP contribution in [0.2, 0.25) is 0 Å². The molecule has 3 aromatic carbocycles. The van der Waals surface area contributed by atoms with Crippen LogP contribution >= 0.6 is 0 Å². The van der Waals surface area contributed by atoms with E-state index in [1.54, 1.807) is 4.90 Å². The van der Waals surface area contributed by atoms with Gasteiger partial charge in [-0.25, -0.2) is 4.79 Å². The van der Waals surface area contributed by atoms with E-state index in [9.17, 15) is 10.0 Å². The molecule has 0 bridgehead atoms. The summed E-state index contributed by atoms with van der Waals surface area (Å²) in [7, 11) is 0. The topological polar surface area (TPSA) is 62.2 Å². The Kier molecular flexibility index (Phi) is 8.56. The number of hydroxylamine groups is 2. The molecule has 1 N–H and O–H groups in total. The van der Waals surface area contributed by atoms with Crippen LogP contribution in [0.5, 0.6) is 0 Å². The van der Waals surface area contributed by atoms with Crippen molar-refractivity contribution in [3.8, 4) is 0 Å². The normalized spacial score (nSPS) is 19.9. The van der Waals surface area contributed by atoms with Crippen LogP contribution in [-0.4, -0.2) is 50.8 Å². The van der Waals surface area contributed by atoms with Gasteiger partial charge < -0.3 is 14.7 Å². The van der Waals surface area contributed by atoms with Crippen LogP contribution in [0.15, 0.2) is 91.0 Å². The highest BCUT2D eigenvalue weighted by molar-refractivity contribution is 5.70. The molecule has 1 amide bonds. The molecule has 1 heterocycles. The Hall–Kier alpha value is -3.19. The van der Waals surface area contributed by atoms with Gasteiger partial charge in [0.05, 0.1) is 18.2 Å². The average Bonchev–Trinajstić information content (AvgIpc) is 3.13. The van der Waals surface area contributed by atoms with E-state index in [2.05, 4.69) is 24.3 Å². The van der Waals surface area contributed by atoms with Crippen LogP contribution in [-0.2, 0) is 28.9 Å². The monoisotopic (exact) mass is 516 g/mol. The molecule has 1 aliphatic rings. The van der Waals surface area contributed by atoms with E-state index in [4.69, 9.17) is 9.47 Å². The van der Waals surface area contributed by atoms with Crippen molar-refractivity contribution in [3.05, 3.63) is 108 Å². The Morgan fingerprint density at radius 2 is 1.42 bits per heavy atom. The highest BCUT2D eigenvalue weighted by atomic mass is 16.6. The van der Waals surface area contributed by atoms with E-state index >= 15 is 0 Å². The number of hydrogen-bond donors (Lipinski definition) is 1. The van der Waals surface area contributed by atoms with Crippen molar-refractivity contribution in [2.24, 2.45) is 0 Å². The van der Waals surface area contributed by atoms with Gasteiger partial charge in [0, 0.05) is 6.54 Å². The second-order valence-corrected chi connectivity index (χ2v) is 11.5. The first kappa shape index (κ1) is 27.8. The lowest BCUT2D eigenvalue weighted by atomic mass is 9.91. The van der Waals surface area contributed by atoms with Crippen LogP contribution < -0.4 is 0 Å². The van der Waals surface area contributed by atoms with Gasteiger partial charge in [-0.1, -0.05) is 91.0 Å². The molecule has 3 aromatic rings.